The Kier molecular flexibility index (Phi) is 2.95. The molecule has 2 aromatic carbocycles. The summed E-state index contributed by atoms with van der Waals surface area (Å²) in [5.74, 6) is -2.50. The summed E-state index contributed by atoms with van der Waals surface area (Å²) in [7, 11) is 0. The van der Waals surface area contributed by atoms with Gasteiger partial charge in [-0.25, -0.2) is 13.2 Å². The Balaban J connectivity index is 2.75. The van der Waals surface area contributed by atoms with Crippen LogP contribution in [0, 0.1) is 17.5 Å². The van der Waals surface area contributed by atoms with Crippen LogP contribution in [0.4, 0.5) is 13.2 Å². The van der Waals surface area contributed by atoms with Gasteiger partial charge in [-0.1, -0.05) is 18.2 Å². The van der Waals surface area contributed by atoms with E-state index in [1.807, 2.05) is 0 Å². The van der Waals surface area contributed by atoms with Gasteiger partial charge in [-0.05, 0) is 12.1 Å². The van der Waals surface area contributed by atoms with Crippen LogP contribution in [0.5, 0.6) is 0 Å². The monoisotopic (exact) mass is 236 g/mol. The summed E-state index contributed by atoms with van der Waals surface area (Å²) in [5, 5.41) is 0. The molecular weight excluding hydrogens is 229 g/mol. The molecule has 0 amide bonds. The molecule has 2 rings (SSSR count). The lowest BCUT2D eigenvalue weighted by Crippen LogP contribution is -1.96. The van der Waals surface area contributed by atoms with E-state index >= 15 is 0 Å². The van der Waals surface area contributed by atoms with Gasteiger partial charge in [0.2, 0.25) is 0 Å². The predicted octanol–water partition coefficient (Wildman–Crippen LogP) is 3.58. The van der Waals surface area contributed by atoms with Crippen molar-refractivity contribution in [2.45, 2.75) is 0 Å². The molecule has 0 atom stereocenters. The Bertz CT molecular complexity index is 579. The van der Waals surface area contributed by atoms with E-state index in [2.05, 4.69) is 0 Å². The average Bonchev–Trinajstić information content (AvgIpc) is 2.29. The van der Waals surface area contributed by atoms with Crippen molar-refractivity contribution in [2.24, 2.45) is 0 Å². The average molecular weight is 236 g/mol. The van der Waals surface area contributed by atoms with Crippen LogP contribution in [0.2, 0.25) is 0 Å². The van der Waals surface area contributed by atoms with E-state index in [0.717, 1.165) is 12.1 Å². The molecule has 0 bridgehead atoms. The highest BCUT2D eigenvalue weighted by Crippen LogP contribution is 2.29. The molecule has 17 heavy (non-hydrogen) atoms. The van der Waals surface area contributed by atoms with Crippen molar-refractivity contribution < 1.29 is 18.0 Å². The number of hydrogen-bond acceptors (Lipinski definition) is 1. The van der Waals surface area contributed by atoms with Crippen LogP contribution in [0.1, 0.15) is 10.4 Å². The minimum absolute atomic E-state index is 0.0629. The van der Waals surface area contributed by atoms with E-state index in [-0.39, 0.29) is 16.7 Å². The second kappa shape index (κ2) is 4.41. The maximum atomic E-state index is 13.6. The van der Waals surface area contributed by atoms with Crippen LogP contribution in [-0.4, -0.2) is 6.29 Å². The fourth-order valence-corrected chi connectivity index (χ4v) is 1.63. The van der Waals surface area contributed by atoms with Crippen molar-refractivity contribution in [1.82, 2.24) is 0 Å². The Morgan fingerprint density at radius 3 is 2.29 bits per heavy atom. The molecule has 0 aliphatic carbocycles. The number of rotatable bonds is 2. The molecule has 0 spiro atoms. The number of benzene rings is 2. The highest BCUT2D eigenvalue weighted by Gasteiger charge is 2.15. The Morgan fingerprint density at radius 2 is 1.65 bits per heavy atom. The van der Waals surface area contributed by atoms with Gasteiger partial charge < -0.3 is 0 Å². The zero-order chi connectivity index (χ0) is 12.4. The number of halogens is 3. The SMILES string of the molecule is O=Cc1cc(F)cc(F)c1-c1ccccc1F. The van der Waals surface area contributed by atoms with Crippen LogP contribution in [0.3, 0.4) is 0 Å². The standard InChI is InChI=1S/C13H7F3O/c14-9-5-8(7-17)13(12(16)6-9)10-3-1-2-4-11(10)15/h1-7H. The quantitative estimate of drug-likeness (QED) is 0.728. The lowest BCUT2D eigenvalue weighted by atomic mass is 9.99. The zero-order valence-corrected chi connectivity index (χ0v) is 8.58. The molecule has 0 N–H and O–H groups in total. The first kappa shape index (κ1) is 11.4. The van der Waals surface area contributed by atoms with Crippen molar-refractivity contribution >= 4 is 6.29 Å². The largest absolute Gasteiger partial charge is 0.298 e. The third kappa shape index (κ3) is 2.06. The molecule has 0 aliphatic rings. The third-order valence-electron chi connectivity index (χ3n) is 2.36. The van der Waals surface area contributed by atoms with Crippen molar-refractivity contribution in [3.8, 4) is 11.1 Å². The van der Waals surface area contributed by atoms with Gasteiger partial charge in [0.05, 0.1) is 0 Å². The second-order valence-electron chi connectivity index (χ2n) is 3.45. The lowest BCUT2D eigenvalue weighted by molar-refractivity contribution is 0.112. The molecule has 0 fully saturated rings. The highest BCUT2D eigenvalue weighted by atomic mass is 19.1. The lowest BCUT2D eigenvalue weighted by Gasteiger charge is -2.08. The summed E-state index contributed by atoms with van der Waals surface area (Å²) >= 11 is 0. The van der Waals surface area contributed by atoms with Crippen molar-refractivity contribution in [2.75, 3.05) is 0 Å². The molecular formula is C13H7F3O. The van der Waals surface area contributed by atoms with E-state index in [4.69, 9.17) is 0 Å². The second-order valence-corrected chi connectivity index (χ2v) is 3.45. The molecule has 2 aromatic rings. The van der Waals surface area contributed by atoms with Gasteiger partial charge in [0, 0.05) is 22.8 Å². The van der Waals surface area contributed by atoms with Crippen molar-refractivity contribution in [1.29, 1.82) is 0 Å². The fourth-order valence-electron chi connectivity index (χ4n) is 1.63. The maximum absolute atomic E-state index is 13.6. The Hall–Kier alpha value is -2.10. The first-order chi connectivity index (χ1) is 8.13. The van der Waals surface area contributed by atoms with Gasteiger partial charge >= 0.3 is 0 Å². The number of carbonyl (C=O) groups is 1. The topological polar surface area (TPSA) is 17.1 Å². The highest BCUT2D eigenvalue weighted by molar-refractivity contribution is 5.88. The Morgan fingerprint density at radius 1 is 0.941 bits per heavy atom. The summed E-state index contributed by atoms with van der Waals surface area (Å²) in [6.45, 7) is 0. The smallest absolute Gasteiger partial charge is 0.150 e. The third-order valence-corrected chi connectivity index (χ3v) is 2.36. The number of aldehydes is 1. The Labute approximate surface area is 95.5 Å². The summed E-state index contributed by atoms with van der Waals surface area (Å²) < 4.78 is 40.0. The van der Waals surface area contributed by atoms with Gasteiger partial charge in [0.1, 0.15) is 17.5 Å². The van der Waals surface area contributed by atoms with Crippen LogP contribution >= 0.6 is 0 Å². The van der Waals surface area contributed by atoms with Crippen molar-refractivity contribution in [3.63, 3.8) is 0 Å². The number of carbonyl (C=O) groups excluding carboxylic acids is 1. The van der Waals surface area contributed by atoms with Crippen LogP contribution in [-0.2, 0) is 0 Å². The normalized spacial score (nSPS) is 10.3. The van der Waals surface area contributed by atoms with E-state index in [0.29, 0.717) is 12.4 Å². The summed E-state index contributed by atoms with van der Waals surface area (Å²) in [4.78, 5) is 10.8. The summed E-state index contributed by atoms with van der Waals surface area (Å²) in [5.41, 5.74) is -0.501. The van der Waals surface area contributed by atoms with E-state index in [1.165, 1.54) is 18.2 Å². The molecule has 0 aromatic heterocycles. The first-order valence-electron chi connectivity index (χ1n) is 4.82. The molecule has 0 saturated carbocycles. The molecule has 0 aliphatic heterocycles. The van der Waals surface area contributed by atoms with E-state index in [9.17, 15) is 18.0 Å². The zero-order valence-electron chi connectivity index (χ0n) is 8.58. The van der Waals surface area contributed by atoms with E-state index in [1.54, 1.807) is 0 Å². The number of hydrogen-bond donors (Lipinski definition) is 0. The first-order valence-corrected chi connectivity index (χ1v) is 4.82. The van der Waals surface area contributed by atoms with Gasteiger partial charge in [-0.15, -0.1) is 0 Å². The van der Waals surface area contributed by atoms with Gasteiger partial charge in [-0.3, -0.25) is 4.79 Å². The molecule has 1 nitrogen and oxygen atoms in total. The molecule has 4 heteroatoms. The van der Waals surface area contributed by atoms with Crippen molar-refractivity contribution in [3.05, 3.63) is 59.4 Å². The molecule has 0 saturated heterocycles. The molecule has 0 unspecified atom stereocenters. The van der Waals surface area contributed by atoms with Crippen LogP contribution in [0.25, 0.3) is 11.1 Å². The maximum Gasteiger partial charge on any atom is 0.150 e. The minimum Gasteiger partial charge on any atom is -0.298 e. The van der Waals surface area contributed by atoms with Gasteiger partial charge in [0.25, 0.3) is 0 Å². The minimum atomic E-state index is -0.961. The fraction of sp³-hybridized carbons (Fsp3) is 0. The van der Waals surface area contributed by atoms with Crippen LogP contribution < -0.4 is 0 Å². The van der Waals surface area contributed by atoms with Gasteiger partial charge in [-0.2, -0.15) is 0 Å². The molecule has 0 radical (unpaired) electrons. The van der Waals surface area contributed by atoms with E-state index < -0.39 is 17.5 Å². The molecule has 0 heterocycles. The van der Waals surface area contributed by atoms with Gasteiger partial charge in [0.15, 0.2) is 6.29 Å². The van der Waals surface area contributed by atoms with Crippen LogP contribution in [0.15, 0.2) is 36.4 Å². The summed E-state index contributed by atoms with van der Waals surface area (Å²) in [6.07, 6.45) is 0.300. The summed E-state index contributed by atoms with van der Waals surface area (Å²) in [6, 6.07) is 6.93. The predicted molar refractivity (Wildman–Crippen MR) is 57.1 cm³/mol. The molecule has 86 valence electrons.